The van der Waals surface area contributed by atoms with Gasteiger partial charge in [0, 0.05) is 10.6 Å². The first kappa shape index (κ1) is 11.1. The number of halogens is 1. The highest BCUT2D eigenvalue weighted by molar-refractivity contribution is 7.80. The Labute approximate surface area is 105 Å². The van der Waals surface area contributed by atoms with Crippen molar-refractivity contribution in [2.45, 2.75) is 0 Å². The summed E-state index contributed by atoms with van der Waals surface area (Å²) >= 11 is 11.0. The summed E-state index contributed by atoms with van der Waals surface area (Å²) in [5, 5.41) is 0.679. The van der Waals surface area contributed by atoms with Crippen molar-refractivity contribution in [2.24, 2.45) is 5.73 Å². The first-order valence-corrected chi connectivity index (χ1v) is 5.62. The molecule has 0 aliphatic carbocycles. The van der Waals surface area contributed by atoms with Crippen molar-refractivity contribution in [2.75, 3.05) is 0 Å². The number of rotatable bonds is 2. The summed E-state index contributed by atoms with van der Waals surface area (Å²) < 4.78 is 0. The average molecular weight is 248 g/mol. The van der Waals surface area contributed by atoms with Gasteiger partial charge in [0.1, 0.15) is 4.99 Å². The summed E-state index contributed by atoms with van der Waals surface area (Å²) in [6.45, 7) is 0. The van der Waals surface area contributed by atoms with Gasteiger partial charge in [0.15, 0.2) is 0 Å². The molecule has 0 spiro atoms. The normalized spacial score (nSPS) is 10.1. The Balaban J connectivity index is 2.63. The molecule has 80 valence electrons. The third-order valence-corrected chi connectivity index (χ3v) is 2.79. The van der Waals surface area contributed by atoms with Gasteiger partial charge in [-0.15, -0.1) is 0 Å². The molecule has 16 heavy (non-hydrogen) atoms. The molecule has 0 aliphatic rings. The summed E-state index contributed by atoms with van der Waals surface area (Å²) in [6, 6.07) is 15.5. The van der Waals surface area contributed by atoms with Crippen LogP contribution in [0.15, 0.2) is 48.5 Å². The van der Waals surface area contributed by atoms with E-state index in [1.807, 2.05) is 42.5 Å². The molecule has 2 rings (SSSR count). The first-order chi connectivity index (χ1) is 7.68. The van der Waals surface area contributed by atoms with Crippen LogP contribution in [0.1, 0.15) is 5.56 Å². The SMILES string of the molecule is NC(=S)c1ccc(Cl)cc1-c1ccccc1. The van der Waals surface area contributed by atoms with Crippen LogP contribution >= 0.6 is 23.8 Å². The molecule has 0 saturated carbocycles. The van der Waals surface area contributed by atoms with Crippen LogP contribution in [0.4, 0.5) is 0 Å². The lowest BCUT2D eigenvalue weighted by molar-refractivity contribution is 1.57. The fraction of sp³-hybridized carbons (Fsp3) is 0. The van der Waals surface area contributed by atoms with E-state index in [1.165, 1.54) is 0 Å². The van der Waals surface area contributed by atoms with E-state index in [9.17, 15) is 0 Å². The molecule has 3 heteroatoms. The molecular weight excluding hydrogens is 238 g/mol. The molecule has 0 saturated heterocycles. The standard InChI is InChI=1S/C13H10ClNS/c14-10-6-7-11(13(15)16)12(8-10)9-4-2-1-3-5-9/h1-8H,(H2,15,16). The number of nitrogens with two attached hydrogens (primary N) is 1. The van der Waals surface area contributed by atoms with Crippen LogP contribution in [0.2, 0.25) is 5.02 Å². The minimum atomic E-state index is 0.385. The fourth-order valence-corrected chi connectivity index (χ4v) is 1.94. The van der Waals surface area contributed by atoms with E-state index >= 15 is 0 Å². The van der Waals surface area contributed by atoms with Gasteiger partial charge in [0.05, 0.1) is 0 Å². The number of hydrogen-bond acceptors (Lipinski definition) is 1. The molecule has 0 amide bonds. The van der Waals surface area contributed by atoms with Crippen molar-refractivity contribution in [3.05, 3.63) is 59.1 Å². The highest BCUT2D eigenvalue weighted by Crippen LogP contribution is 2.26. The Bertz CT molecular complexity index is 523. The zero-order valence-corrected chi connectivity index (χ0v) is 10.1. The lowest BCUT2D eigenvalue weighted by Gasteiger charge is -2.08. The Morgan fingerprint density at radius 1 is 1.06 bits per heavy atom. The van der Waals surface area contributed by atoms with E-state index in [-0.39, 0.29) is 0 Å². The molecule has 0 radical (unpaired) electrons. The van der Waals surface area contributed by atoms with Gasteiger partial charge in [0.25, 0.3) is 0 Å². The molecule has 0 aliphatic heterocycles. The maximum Gasteiger partial charge on any atom is 0.104 e. The second-order valence-corrected chi connectivity index (χ2v) is 4.30. The third-order valence-electron chi connectivity index (χ3n) is 2.33. The molecule has 0 aromatic heterocycles. The van der Waals surface area contributed by atoms with Crippen LogP contribution in [-0.2, 0) is 0 Å². The summed E-state index contributed by atoms with van der Waals surface area (Å²) in [4.78, 5) is 0.385. The highest BCUT2D eigenvalue weighted by atomic mass is 35.5. The smallest absolute Gasteiger partial charge is 0.104 e. The predicted molar refractivity (Wildman–Crippen MR) is 72.8 cm³/mol. The number of thiocarbonyl (C=S) groups is 1. The van der Waals surface area contributed by atoms with E-state index < -0.39 is 0 Å². The molecule has 0 fully saturated rings. The topological polar surface area (TPSA) is 26.0 Å². The van der Waals surface area contributed by atoms with Crippen molar-refractivity contribution in [3.8, 4) is 11.1 Å². The van der Waals surface area contributed by atoms with Crippen LogP contribution in [0.25, 0.3) is 11.1 Å². The molecule has 2 aromatic carbocycles. The second kappa shape index (κ2) is 4.64. The Kier molecular flexibility index (Phi) is 3.22. The minimum absolute atomic E-state index is 0.385. The van der Waals surface area contributed by atoms with Crippen LogP contribution in [0.5, 0.6) is 0 Å². The van der Waals surface area contributed by atoms with Gasteiger partial charge in [-0.05, 0) is 29.3 Å². The van der Waals surface area contributed by atoms with Crippen molar-refractivity contribution in [3.63, 3.8) is 0 Å². The van der Waals surface area contributed by atoms with E-state index in [1.54, 1.807) is 6.07 Å². The van der Waals surface area contributed by atoms with E-state index in [0.717, 1.165) is 16.7 Å². The van der Waals surface area contributed by atoms with Crippen LogP contribution in [0.3, 0.4) is 0 Å². The monoisotopic (exact) mass is 247 g/mol. The number of benzene rings is 2. The van der Waals surface area contributed by atoms with Gasteiger partial charge < -0.3 is 5.73 Å². The van der Waals surface area contributed by atoms with Crippen LogP contribution in [-0.4, -0.2) is 4.99 Å². The highest BCUT2D eigenvalue weighted by Gasteiger charge is 2.07. The quantitative estimate of drug-likeness (QED) is 0.820. The molecule has 0 unspecified atom stereocenters. The fourth-order valence-electron chi connectivity index (χ4n) is 1.59. The molecule has 0 atom stereocenters. The first-order valence-electron chi connectivity index (χ1n) is 4.83. The van der Waals surface area contributed by atoms with Crippen LogP contribution < -0.4 is 5.73 Å². The largest absolute Gasteiger partial charge is 0.389 e. The summed E-state index contributed by atoms with van der Waals surface area (Å²) in [5.74, 6) is 0. The van der Waals surface area contributed by atoms with Gasteiger partial charge in [-0.1, -0.05) is 54.2 Å². The lowest BCUT2D eigenvalue weighted by atomic mass is 10.00. The third kappa shape index (κ3) is 2.23. The average Bonchev–Trinajstić information content (AvgIpc) is 2.29. The van der Waals surface area contributed by atoms with Crippen molar-refractivity contribution < 1.29 is 0 Å². The number of hydrogen-bond donors (Lipinski definition) is 1. The summed E-state index contributed by atoms with van der Waals surface area (Å²) in [6.07, 6.45) is 0. The van der Waals surface area contributed by atoms with Gasteiger partial charge in [-0.3, -0.25) is 0 Å². The van der Waals surface area contributed by atoms with E-state index in [0.29, 0.717) is 10.0 Å². The molecule has 2 aromatic rings. The Morgan fingerprint density at radius 2 is 1.75 bits per heavy atom. The summed E-state index contributed by atoms with van der Waals surface area (Å²) in [5.41, 5.74) is 8.58. The molecular formula is C13H10ClNS. The van der Waals surface area contributed by atoms with Crippen LogP contribution in [0, 0.1) is 0 Å². The molecule has 2 N–H and O–H groups in total. The van der Waals surface area contributed by atoms with Gasteiger partial charge in [-0.2, -0.15) is 0 Å². The van der Waals surface area contributed by atoms with Gasteiger partial charge >= 0.3 is 0 Å². The molecule has 0 heterocycles. The van der Waals surface area contributed by atoms with Crippen molar-refractivity contribution in [1.82, 2.24) is 0 Å². The van der Waals surface area contributed by atoms with Gasteiger partial charge in [-0.25, -0.2) is 0 Å². The Morgan fingerprint density at radius 3 is 2.38 bits per heavy atom. The zero-order valence-electron chi connectivity index (χ0n) is 8.48. The maximum atomic E-state index is 5.99. The predicted octanol–water partition coefficient (Wildman–Crippen LogP) is 3.64. The molecule has 1 nitrogen and oxygen atoms in total. The molecule has 0 bridgehead atoms. The van der Waals surface area contributed by atoms with Crippen molar-refractivity contribution in [1.29, 1.82) is 0 Å². The maximum absolute atomic E-state index is 5.99. The lowest BCUT2D eigenvalue weighted by Crippen LogP contribution is -2.10. The van der Waals surface area contributed by atoms with E-state index in [2.05, 4.69) is 0 Å². The second-order valence-electron chi connectivity index (χ2n) is 3.42. The van der Waals surface area contributed by atoms with Crippen molar-refractivity contribution >= 4 is 28.8 Å². The Hall–Kier alpha value is -1.38. The minimum Gasteiger partial charge on any atom is -0.389 e. The van der Waals surface area contributed by atoms with E-state index in [4.69, 9.17) is 29.6 Å². The van der Waals surface area contributed by atoms with Gasteiger partial charge in [0.2, 0.25) is 0 Å². The summed E-state index contributed by atoms with van der Waals surface area (Å²) in [7, 11) is 0. The zero-order chi connectivity index (χ0) is 11.5.